The average molecular weight is 412 g/mol. The van der Waals surface area contributed by atoms with E-state index in [1.54, 1.807) is 18.2 Å². The largest absolute Gasteiger partial charge is 0.494 e. The monoisotopic (exact) mass is 411 g/mol. The Morgan fingerprint density at radius 3 is 2.72 bits per heavy atom. The van der Waals surface area contributed by atoms with E-state index >= 15 is 0 Å². The van der Waals surface area contributed by atoms with Crippen LogP contribution >= 0.6 is 12.2 Å². The maximum absolute atomic E-state index is 12.5. The summed E-state index contributed by atoms with van der Waals surface area (Å²) in [4.78, 5) is 14.9. The van der Waals surface area contributed by atoms with Crippen molar-refractivity contribution in [3.8, 4) is 5.75 Å². The van der Waals surface area contributed by atoms with Crippen molar-refractivity contribution in [1.29, 1.82) is 0 Å². The minimum absolute atomic E-state index is 0.261. The molecule has 154 valence electrons. The van der Waals surface area contributed by atoms with Gasteiger partial charge in [-0.1, -0.05) is 13.0 Å². The molecule has 29 heavy (non-hydrogen) atoms. The van der Waals surface area contributed by atoms with Crippen LogP contribution in [0.2, 0.25) is 0 Å². The Labute approximate surface area is 178 Å². The van der Waals surface area contributed by atoms with Crippen LogP contribution in [0.3, 0.4) is 0 Å². The lowest BCUT2D eigenvalue weighted by atomic mass is 10.0. The Hall–Kier alpha value is -2.60. The molecule has 3 rings (SSSR count). The lowest BCUT2D eigenvalue weighted by molar-refractivity contribution is 0.0977. The van der Waals surface area contributed by atoms with Gasteiger partial charge in [-0.3, -0.25) is 10.1 Å². The molecule has 0 unspecified atom stereocenters. The van der Waals surface area contributed by atoms with Crippen LogP contribution < -0.4 is 20.3 Å². The van der Waals surface area contributed by atoms with Crippen LogP contribution in [0.5, 0.6) is 5.75 Å². The molecule has 1 aliphatic rings. The standard InChI is InChI=1S/C23H29N3O2S/c1-3-15-28-21-9-6-8-18(16-21)22(27)25-23(29)24-19-10-12-20(13-11-19)26-14-5-4-7-17(26)2/h6,8-13,16-17H,3-5,7,14-15H2,1-2H3,(H2,24,25,27,29)/t17-/m0/s1. The van der Waals surface area contributed by atoms with Gasteiger partial charge in [-0.25, -0.2) is 0 Å². The van der Waals surface area contributed by atoms with Crippen molar-refractivity contribution < 1.29 is 9.53 Å². The van der Waals surface area contributed by atoms with Crippen molar-refractivity contribution in [2.75, 3.05) is 23.4 Å². The van der Waals surface area contributed by atoms with Gasteiger partial charge in [0.1, 0.15) is 5.75 Å². The number of rotatable bonds is 6. The highest BCUT2D eigenvalue weighted by molar-refractivity contribution is 7.80. The van der Waals surface area contributed by atoms with Gasteiger partial charge < -0.3 is 15.0 Å². The second-order valence-corrected chi connectivity index (χ2v) is 7.78. The molecular formula is C23H29N3O2S. The minimum Gasteiger partial charge on any atom is -0.494 e. The number of nitrogens with one attached hydrogen (secondary N) is 2. The van der Waals surface area contributed by atoms with Crippen LogP contribution in [0, 0.1) is 0 Å². The van der Waals surface area contributed by atoms with Gasteiger partial charge in [0.15, 0.2) is 5.11 Å². The third-order valence-corrected chi connectivity index (χ3v) is 5.26. The summed E-state index contributed by atoms with van der Waals surface area (Å²) >= 11 is 5.31. The topological polar surface area (TPSA) is 53.6 Å². The van der Waals surface area contributed by atoms with Crippen LogP contribution in [0.4, 0.5) is 11.4 Å². The van der Waals surface area contributed by atoms with Crippen LogP contribution in [0.25, 0.3) is 0 Å². The second-order valence-electron chi connectivity index (χ2n) is 7.37. The summed E-state index contributed by atoms with van der Waals surface area (Å²) < 4.78 is 5.58. The normalized spacial score (nSPS) is 16.2. The van der Waals surface area contributed by atoms with Gasteiger partial charge in [0.05, 0.1) is 6.61 Å². The predicted molar refractivity (Wildman–Crippen MR) is 123 cm³/mol. The van der Waals surface area contributed by atoms with Gasteiger partial charge >= 0.3 is 0 Å². The second kappa shape index (κ2) is 10.3. The molecule has 0 aliphatic carbocycles. The Bertz CT molecular complexity index is 838. The maximum Gasteiger partial charge on any atom is 0.257 e. The van der Waals surface area contributed by atoms with E-state index in [-0.39, 0.29) is 11.0 Å². The summed E-state index contributed by atoms with van der Waals surface area (Å²) in [6.45, 7) is 6.04. The number of hydrogen-bond acceptors (Lipinski definition) is 4. The molecule has 5 nitrogen and oxygen atoms in total. The molecule has 6 heteroatoms. The number of carbonyl (C=O) groups is 1. The molecule has 1 heterocycles. The summed E-state index contributed by atoms with van der Waals surface area (Å²) in [7, 11) is 0. The van der Waals surface area contributed by atoms with Crippen LogP contribution in [-0.2, 0) is 0 Å². The summed E-state index contributed by atoms with van der Waals surface area (Å²) in [6.07, 6.45) is 4.70. The molecular weight excluding hydrogens is 382 g/mol. The number of amides is 1. The molecule has 1 fully saturated rings. The van der Waals surface area contributed by atoms with E-state index in [4.69, 9.17) is 17.0 Å². The van der Waals surface area contributed by atoms with Crippen molar-refractivity contribution in [2.45, 2.75) is 45.6 Å². The fourth-order valence-electron chi connectivity index (χ4n) is 3.50. The molecule has 1 amide bonds. The summed E-state index contributed by atoms with van der Waals surface area (Å²) in [5, 5.41) is 6.08. The van der Waals surface area contributed by atoms with E-state index in [2.05, 4.69) is 34.6 Å². The minimum atomic E-state index is -0.261. The molecule has 1 aliphatic heterocycles. The van der Waals surface area contributed by atoms with Crippen LogP contribution in [0.15, 0.2) is 48.5 Å². The van der Waals surface area contributed by atoms with Gasteiger partial charge in [-0.05, 0) is 87.3 Å². The first-order valence-electron chi connectivity index (χ1n) is 10.3. The zero-order chi connectivity index (χ0) is 20.6. The third-order valence-electron chi connectivity index (χ3n) is 5.06. The average Bonchev–Trinajstić information content (AvgIpc) is 2.73. The number of thiocarbonyl (C=S) groups is 1. The van der Waals surface area contributed by atoms with Gasteiger partial charge in [-0.15, -0.1) is 0 Å². The smallest absolute Gasteiger partial charge is 0.257 e. The highest BCUT2D eigenvalue weighted by Gasteiger charge is 2.18. The first kappa shape index (κ1) is 21.1. The van der Waals surface area contributed by atoms with Crippen molar-refractivity contribution >= 4 is 34.6 Å². The number of nitrogens with zero attached hydrogens (tertiary/aromatic N) is 1. The van der Waals surface area contributed by atoms with E-state index in [9.17, 15) is 4.79 Å². The number of piperidine rings is 1. The molecule has 2 aromatic rings. The predicted octanol–water partition coefficient (Wildman–Crippen LogP) is 4.98. The molecule has 1 atom stereocenters. The molecule has 2 N–H and O–H groups in total. The van der Waals surface area contributed by atoms with Crippen LogP contribution in [0.1, 0.15) is 49.9 Å². The SMILES string of the molecule is CCCOc1cccc(C(=O)NC(=S)Nc2ccc(N3CCCC[C@@H]3C)cc2)c1. The van der Waals surface area contributed by atoms with E-state index in [1.807, 2.05) is 25.1 Å². The third kappa shape index (κ3) is 5.94. The highest BCUT2D eigenvalue weighted by atomic mass is 32.1. The zero-order valence-electron chi connectivity index (χ0n) is 17.1. The summed E-state index contributed by atoms with van der Waals surface area (Å²) in [5.41, 5.74) is 2.59. The van der Waals surface area contributed by atoms with Crippen molar-refractivity contribution in [2.24, 2.45) is 0 Å². The molecule has 0 radical (unpaired) electrons. The first-order chi connectivity index (χ1) is 14.1. The van der Waals surface area contributed by atoms with Crippen molar-refractivity contribution in [3.63, 3.8) is 0 Å². The number of hydrogen-bond donors (Lipinski definition) is 2. The van der Waals surface area contributed by atoms with Gasteiger partial charge in [0.2, 0.25) is 0 Å². The number of carbonyl (C=O) groups excluding carboxylic acids is 1. The Balaban J connectivity index is 1.55. The van der Waals surface area contributed by atoms with Gasteiger partial charge in [0.25, 0.3) is 5.91 Å². The fraction of sp³-hybridized carbons (Fsp3) is 0.391. The summed E-state index contributed by atoms with van der Waals surface area (Å²) in [6, 6.07) is 15.9. The molecule has 1 saturated heterocycles. The van der Waals surface area contributed by atoms with E-state index in [0.29, 0.717) is 24.0 Å². The Morgan fingerprint density at radius 1 is 1.21 bits per heavy atom. The zero-order valence-corrected chi connectivity index (χ0v) is 17.9. The number of ether oxygens (including phenoxy) is 1. The molecule has 0 spiro atoms. The van der Waals surface area contributed by atoms with Crippen LogP contribution in [-0.4, -0.2) is 30.2 Å². The van der Waals surface area contributed by atoms with Crippen molar-refractivity contribution in [1.82, 2.24) is 5.32 Å². The molecule has 0 bridgehead atoms. The number of benzene rings is 2. The first-order valence-corrected chi connectivity index (χ1v) is 10.7. The molecule has 0 aromatic heterocycles. The highest BCUT2D eigenvalue weighted by Crippen LogP contribution is 2.25. The van der Waals surface area contributed by atoms with E-state index < -0.39 is 0 Å². The number of anilines is 2. The maximum atomic E-state index is 12.5. The Kier molecular flexibility index (Phi) is 7.47. The lowest BCUT2D eigenvalue weighted by Gasteiger charge is -2.35. The van der Waals surface area contributed by atoms with Gasteiger partial charge in [0, 0.05) is 29.5 Å². The van der Waals surface area contributed by atoms with E-state index in [0.717, 1.165) is 18.7 Å². The summed E-state index contributed by atoms with van der Waals surface area (Å²) in [5.74, 6) is 0.420. The molecule has 2 aromatic carbocycles. The van der Waals surface area contributed by atoms with Crippen molar-refractivity contribution in [3.05, 3.63) is 54.1 Å². The van der Waals surface area contributed by atoms with E-state index in [1.165, 1.54) is 24.9 Å². The fourth-order valence-corrected chi connectivity index (χ4v) is 3.71. The van der Waals surface area contributed by atoms with Gasteiger partial charge in [-0.2, -0.15) is 0 Å². The quantitative estimate of drug-likeness (QED) is 0.657. The molecule has 0 saturated carbocycles. The Morgan fingerprint density at radius 2 is 2.00 bits per heavy atom. The lowest BCUT2D eigenvalue weighted by Crippen LogP contribution is -2.37.